The van der Waals surface area contributed by atoms with Gasteiger partial charge in [-0.3, -0.25) is 9.59 Å². The van der Waals surface area contributed by atoms with E-state index in [9.17, 15) is 19.2 Å². The number of fused-ring (bicyclic) bond motifs is 1. The first-order valence-corrected chi connectivity index (χ1v) is 12.4. The van der Waals surface area contributed by atoms with Crippen molar-refractivity contribution in [1.29, 1.82) is 0 Å². The fourth-order valence-electron chi connectivity index (χ4n) is 4.04. The van der Waals surface area contributed by atoms with Gasteiger partial charge in [-0.2, -0.15) is 0 Å². The molecule has 0 radical (unpaired) electrons. The number of likely N-dealkylation sites (N-methyl/N-ethyl adjacent to an activating group) is 1. The van der Waals surface area contributed by atoms with Gasteiger partial charge in [0.05, 0.1) is 23.6 Å². The zero-order valence-electron chi connectivity index (χ0n) is 21.8. The van der Waals surface area contributed by atoms with Crippen molar-refractivity contribution in [2.75, 3.05) is 23.9 Å². The number of anilines is 2. The molecule has 0 saturated carbocycles. The molecule has 3 aromatic carbocycles. The fraction of sp³-hybridized carbons (Fsp3) is 0.207. The summed E-state index contributed by atoms with van der Waals surface area (Å²) in [5.74, 6) is -1.46. The number of para-hydroxylation sites is 1. The highest BCUT2D eigenvalue weighted by molar-refractivity contribution is 6.20. The number of ether oxygens (including phenoxy) is 1. The van der Waals surface area contributed by atoms with Crippen LogP contribution in [-0.2, 0) is 14.3 Å². The van der Waals surface area contributed by atoms with E-state index >= 15 is 0 Å². The first-order chi connectivity index (χ1) is 18.8. The Labute approximate surface area is 226 Å². The average molecular weight is 528 g/mol. The molecule has 0 bridgehead atoms. The van der Waals surface area contributed by atoms with E-state index in [-0.39, 0.29) is 6.61 Å². The largest absolute Gasteiger partial charge is 0.462 e. The number of amides is 4. The van der Waals surface area contributed by atoms with Crippen molar-refractivity contribution >= 4 is 40.9 Å². The highest BCUT2D eigenvalue weighted by Crippen LogP contribution is 2.27. The highest BCUT2D eigenvalue weighted by atomic mass is 16.5. The number of hydrogen-bond donors (Lipinski definition) is 3. The van der Waals surface area contributed by atoms with Crippen LogP contribution in [0.1, 0.15) is 35.3 Å². The van der Waals surface area contributed by atoms with Crippen LogP contribution in [0.15, 0.2) is 83.9 Å². The van der Waals surface area contributed by atoms with Crippen LogP contribution in [0.5, 0.6) is 0 Å². The molecule has 0 saturated heterocycles. The maximum atomic E-state index is 13.3. The number of aliphatic imine (C=N–C) groups is 1. The molecule has 10 nitrogen and oxygen atoms in total. The number of nitrogens with zero attached hydrogens (tertiary/aromatic N) is 2. The van der Waals surface area contributed by atoms with Crippen LogP contribution < -0.4 is 20.9 Å². The molecule has 0 aliphatic carbocycles. The minimum Gasteiger partial charge on any atom is -0.462 e. The van der Waals surface area contributed by atoms with Gasteiger partial charge in [0.2, 0.25) is 12.1 Å². The zero-order valence-corrected chi connectivity index (χ0v) is 21.8. The van der Waals surface area contributed by atoms with Crippen LogP contribution in [0.3, 0.4) is 0 Å². The second kappa shape index (κ2) is 12.0. The van der Waals surface area contributed by atoms with Crippen LogP contribution >= 0.6 is 0 Å². The van der Waals surface area contributed by atoms with Gasteiger partial charge in [0, 0.05) is 23.9 Å². The molecule has 2 atom stereocenters. The molecule has 0 spiro atoms. The Balaban J connectivity index is 1.46. The molecule has 10 heteroatoms. The predicted molar refractivity (Wildman–Crippen MR) is 148 cm³/mol. The van der Waals surface area contributed by atoms with Crippen LogP contribution in [0.25, 0.3) is 0 Å². The molecule has 0 aromatic heterocycles. The van der Waals surface area contributed by atoms with Crippen molar-refractivity contribution in [1.82, 2.24) is 10.6 Å². The van der Waals surface area contributed by atoms with Crippen molar-refractivity contribution < 1.29 is 23.9 Å². The molecule has 3 aromatic rings. The van der Waals surface area contributed by atoms with Crippen LogP contribution in [0, 0.1) is 0 Å². The molecule has 4 rings (SSSR count). The summed E-state index contributed by atoms with van der Waals surface area (Å²) >= 11 is 0. The predicted octanol–water partition coefficient (Wildman–Crippen LogP) is 3.33. The summed E-state index contributed by atoms with van der Waals surface area (Å²) in [6.45, 7) is 3.48. The minimum absolute atomic E-state index is 0.260. The number of nitrogens with one attached hydrogen (secondary N) is 3. The number of urea groups is 1. The lowest BCUT2D eigenvalue weighted by Crippen LogP contribution is -2.52. The molecular weight excluding hydrogens is 498 g/mol. The third-order valence-electron chi connectivity index (χ3n) is 6.06. The normalized spacial score (nSPS) is 15.3. The Kier molecular flexibility index (Phi) is 8.35. The average Bonchev–Trinajstić information content (AvgIpc) is 3.04. The van der Waals surface area contributed by atoms with E-state index in [0.717, 1.165) is 11.1 Å². The molecule has 1 heterocycles. The van der Waals surface area contributed by atoms with Gasteiger partial charge in [0.25, 0.3) is 5.91 Å². The molecule has 4 amide bonds. The molecule has 0 unspecified atom stereocenters. The number of rotatable bonds is 7. The standard InChI is InChI=1S/C29H29N5O5/c1-4-39-28(37)20-14-16-21(17-15-20)31-29(38)30-18(2)26(35)33-25-27(36)34(3)23-13-9-8-12-22(23)24(32-25)19-10-6-5-7-11-19/h5-18,25H,4H2,1-3H3,(H,33,35)(H2,30,31,38)/t18-,25+/m0/s1. The maximum absolute atomic E-state index is 13.3. The Morgan fingerprint density at radius 2 is 1.64 bits per heavy atom. The molecule has 3 N–H and O–H groups in total. The number of carbonyl (C=O) groups is 4. The van der Waals surface area contributed by atoms with Gasteiger partial charge in [0.1, 0.15) is 6.04 Å². The summed E-state index contributed by atoms with van der Waals surface area (Å²) in [5, 5.41) is 7.82. The van der Waals surface area contributed by atoms with E-state index in [1.54, 1.807) is 26.1 Å². The van der Waals surface area contributed by atoms with E-state index in [1.807, 2.05) is 54.6 Å². The highest BCUT2D eigenvalue weighted by Gasteiger charge is 2.32. The topological polar surface area (TPSA) is 129 Å². The van der Waals surface area contributed by atoms with Gasteiger partial charge in [-0.05, 0) is 44.2 Å². The minimum atomic E-state index is -1.20. The molecule has 1 aliphatic rings. The summed E-state index contributed by atoms with van der Waals surface area (Å²) in [6, 6.07) is 21.3. The second-order valence-electron chi connectivity index (χ2n) is 8.79. The molecule has 1 aliphatic heterocycles. The van der Waals surface area contributed by atoms with E-state index in [0.29, 0.717) is 22.6 Å². The summed E-state index contributed by atoms with van der Waals surface area (Å²) in [6.07, 6.45) is -1.20. The third-order valence-corrected chi connectivity index (χ3v) is 6.06. The number of hydrogen-bond acceptors (Lipinski definition) is 6. The molecular formula is C29H29N5O5. The van der Waals surface area contributed by atoms with Gasteiger partial charge in [-0.15, -0.1) is 0 Å². The Morgan fingerprint density at radius 1 is 0.974 bits per heavy atom. The van der Waals surface area contributed by atoms with E-state index in [4.69, 9.17) is 4.74 Å². The third kappa shape index (κ3) is 6.30. The number of esters is 1. The first kappa shape index (κ1) is 27.1. The Bertz CT molecular complexity index is 1410. The van der Waals surface area contributed by atoms with Crippen molar-refractivity contribution in [3.63, 3.8) is 0 Å². The van der Waals surface area contributed by atoms with Crippen LogP contribution in [-0.4, -0.2) is 55.4 Å². The van der Waals surface area contributed by atoms with Gasteiger partial charge in [-0.25, -0.2) is 14.6 Å². The zero-order chi connectivity index (χ0) is 27.9. The summed E-state index contributed by atoms with van der Waals surface area (Å²) in [5.41, 5.74) is 3.57. The monoisotopic (exact) mass is 527 g/mol. The molecule has 39 heavy (non-hydrogen) atoms. The quantitative estimate of drug-likeness (QED) is 0.406. The van der Waals surface area contributed by atoms with E-state index < -0.39 is 36.0 Å². The summed E-state index contributed by atoms with van der Waals surface area (Å²) < 4.78 is 4.94. The molecule has 200 valence electrons. The van der Waals surface area contributed by atoms with Crippen molar-refractivity contribution in [2.45, 2.75) is 26.1 Å². The lowest BCUT2D eigenvalue weighted by atomic mass is 10.0. The van der Waals surface area contributed by atoms with Crippen molar-refractivity contribution in [3.8, 4) is 0 Å². The SMILES string of the molecule is CCOC(=O)c1ccc(NC(=O)N[C@@H](C)C(=O)N[C@H]2N=C(c3ccccc3)c3ccccc3N(C)C2=O)cc1. The fourth-order valence-corrected chi connectivity index (χ4v) is 4.04. The number of benzene rings is 3. The Morgan fingerprint density at radius 3 is 2.33 bits per heavy atom. The van der Waals surface area contributed by atoms with Gasteiger partial charge in [0.15, 0.2) is 0 Å². The lowest BCUT2D eigenvalue weighted by molar-refractivity contribution is -0.128. The van der Waals surface area contributed by atoms with E-state index in [2.05, 4.69) is 20.9 Å². The molecule has 0 fully saturated rings. The van der Waals surface area contributed by atoms with Crippen molar-refractivity contribution in [3.05, 3.63) is 95.6 Å². The summed E-state index contributed by atoms with van der Waals surface area (Å²) in [7, 11) is 1.63. The Hall–Kier alpha value is -4.99. The lowest BCUT2D eigenvalue weighted by Gasteiger charge is -2.22. The number of carbonyl (C=O) groups excluding carboxylic acids is 4. The van der Waals surface area contributed by atoms with E-state index in [1.165, 1.54) is 24.0 Å². The maximum Gasteiger partial charge on any atom is 0.338 e. The van der Waals surface area contributed by atoms with Gasteiger partial charge >= 0.3 is 12.0 Å². The number of benzodiazepines with no additional fused rings is 1. The summed E-state index contributed by atoms with van der Waals surface area (Å²) in [4.78, 5) is 56.7. The van der Waals surface area contributed by atoms with Gasteiger partial charge < -0.3 is 25.6 Å². The van der Waals surface area contributed by atoms with Crippen LogP contribution in [0.4, 0.5) is 16.2 Å². The smallest absolute Gasteiger partial charge is 0.338 e. The first-order valence-electron chi connectivity index (χ1n) is 12.4. The van der Waals surface area contributed by atoms with Gasteiger partial charge in [-0.1, -0.05) is 48.5 Å². The van der Waals surface area contributed by atoms with Crippen LogP contribution in [0.2, 0.25) is 0 Å². The van der Waals surface area contributed by atoms with Crippen molar-refractivity contribution in [2.24, 2.45) is 4.99 Å². The second-order valence-corrected chi connectivity index (χ2v) is 8.79.